The Labute approximate surface area is 133 Å². The molecule has 4 amide bonds. The summed E-state index contributed by atoms with van der Waals surface area (Å²) < 4.78 is 22.5. The van der Waals surface area contributed by atoms with E-state index in [0.29, 0.717) is 6.42 Å². The van der Waals surface area contributed by atoms with Crippen LogP contribution in [0.3, 0.4) is 0 Å². The summed E-state index contributed by atoms with van der Waals surface area (Å²) in [4.78, 5) is 38.1. The number of sulfonamides is 1. The van der Waals surface area contributed by atoms with Crippen molar-refractivity contribution in [3.8, 4) is 0 Å². The second kappa shape index (κ2) is 6.47. The average Bonchev–Trinajstić information content (AvgIpc) is 2.46. The number of carbonyl (C=O) groups is 3. The van der Waals surface area contributed by atoms with E-state index in [1.54, 1.807) is 0 Å². The lowest BCUT2D eigenvalue weighted by Crippen LogP contribution is -2.55. The molecule has 9 heteroatoms. The molecule has 0 aliphatic carbocycles. The Kier molecular flexibility index (Phi) is 4.81. The van der Waals surface area contributed by atoms with Gasteiger partial charge in [-0.3, -0.25) is 14.5 Å². The zero-order chi connectivity index (χ0) is 17.2. The van der Waals surface area contributed by atoms with E-state index in [1.807, 2.05) is 6.92 Å². The third-order valence-electron chi connectivity index (χ3n) is 3.43. The molecule has 0 aromatic heterocycles. The SMILES string of the molecule is CCCCN1C(=O)CC(=O)N(c2ccc(S(N)(=O)=O)cc2)C1=O. The number of nitrogens with zero attached hydrogens (tertiary/aromatic N) is 2. The minimum absolute atomic E-state index is 0.128. The van der Waals surface area contributed by atoms with Gasteiger partial charge in [-0.05, 0) is 30.7 Å². The van der Waals surface area contributed by atoms with Gasteiger partial charge in [0.05, 0.1) is 10.6 Å². The fraction of sp³-hybridized carbons (Fsp3) is 0.357. The molecule has 2 N–H and O–H groups in total. The molecule has 0 spiro atoms. The molecule has 8 nitrogen and oxygen atoms in total. The van der Waals surface area contributed by atoms with Gasteiger partial charge in [0.25, 0.3) is 0 Å². The third kappa shape index (κ3) is 3.57. The number of amides is 4. The summed E-state index contributed by atoms with van der Waals surface area (Å²) in [5.74, 6) is -1.16. The number of urea groups is 1. The minimum atomic E-state index is -3.86. The molecule has 1 fully saturated rings. The molecule has 1 aromatic rings. The summed E-state index contributed by atoms with van der Waals surface area (Å²) in [7, 11) is -3.86. The molecule has 1 heterocycles. The van der Waals surface area contributed by atoms with Gasteiger partial charge in [-0.1, -0.05) is 13.3 Å². The van der Waals surface area contributed by atoms with Gasteiger partial charge in [-0.15, -0.1) is 0 Å². The monoisotopic (exact) mass is 339 g/mol. The van der Waals surface area contributed by atoms with E-state index in [2.05, 4.69) is 0 Å². The molecule has 1 aromatic carbocycles. The lowest BCUT2D eigenvalue weighted by atomic mass is 10.2. The summed E-state index contributed by atoms with van der Waals surface area (Å²) in [5, 5.41) is 5.01. The number of rotatable bonds is 5. The van der Waals surface area contributed by atoms with Crippen molar-refractivity contribution >= 4 is 33.6 Å². The molecule has 0 unspecified atom stereocenters. The van der Waals surface area contributed by atoms with Crippen LogP contribution < -0.4 is 10.0 Å². The highest BCUT2D eigenvalue weighted by Crippen LogP contribution is 2.23. The molecule has 1 aliphatic rings. The number of imide groups is 2. The van der Waals surface area contributed by atoms with Gasteiger partial charge in [0.1, 0.15) is 6.42 Å². The molecule has 1 aliphatic heterocycles. The summed E-state index contributed by atoms with van der Waals surface area (Å²) in [5.41, 5.74) is 0.196. The van der Waals surface area contributed by atoms with E-state index in [4.69, 9.17) is 5.14 Å². The number of anilines is 1. The number of carbonyl (C=O) groups excluding carboxylic acids is 3. The van der Waals surface area contributed by atoms with E-state index in [9.17, 15) is 22.8 Å². The lowest BCUT2D eigenvalue weighted by Gasteiger charge is -2.32. The van der Waals surface area contributed by atoms with Crippen LogP contribution in [0.2, 0.25) is 0 Å². The number of hydrogen-bond acceptors (Lipinski definition) is 5. The first-order chi connectivity index (χ1) is 10.8. The maximum atomic E-state index is 12.4. The van der Waals surface area contributed by atoms with Crippen LogP contribution in [0.1, 0.15) is 26.2 Å². The van der Waals surface area contributed by atoms with Crippen LogP contribution in [0.4, 0.5) is 10.5 Å². The van der Waals surface area contributed by atoms with E-state index in [-0.39, 0.29) is 17.1 Å². The van der Waals surface area contributed by atoms with Crippen molar-refractivity contribution in [1.29, 1.82) is 0 Å². The highest BCUT2D eigenvalue weighted by Gasteiger charge is 2.38. The molecule has 124 valence electrons. The smallest absolute Gasteiger partial charge is 0.274 e. The van der Waals surface area contributed by atoms with Crippen LogP contribution in [-0.4, -0.2) is 37.7 Å². The number of barbiturate groups is 1. The largest absolute Gasteiger partial charge is 0.338 e. The highest BCUT2D eigenvalue weighted by atomic mass is 32.2. The maximum Gasteiger partial charge on any atom is 0.338 e. The van der Waals surface area contributed by atoms with Gasteiger partial charge in [0, 0.05) is 6.54 Å². The number of nitrogens with two attached hydrogens (primary N) is 1. The summed E-state index contributed by atoms with van der Waals surface area (Å²) >= 11 is 0. The van der Waals surface area contributed by atoms with Crippen molar-refractivity contribution in [2.75, 3.05) is 11.4 Å². The number of primary sulfonamides is 1. The fourth-order valence-electron chi connectivity index (χ4n) is 2.21. The van der Waals surface area contributed by atoms with Crippen molar-refractivity contribution in [3.63, 3.8) is 0 Å². The Balaban J connectivity index is 2.31. The molecule has 0 saturated carbocycles. The van der Waals surface area contributed by atoms with Crippen LogP contribution in [0, 0.1) is 0 Å². The van der Waals surface area contributed by atoms with Crippen LogP contribution >= 0.6 is 0 Å². The first kappa shape index (κ1) is 17.1. The topological polar surface area (TPSA) is 118 Å². The predicted molar refractivity (Wildman–Crippen MR) is 81.9 cm³/mol. The van der Waals surface area contributed by atoms with Gasteiger partial charge in [0.2, 0.25) is 21.8 Å². The second-order valence-corrected chi connectivity index (χ2v) is 6.69. The zero-order valence-electron chi connectivity index (χ0n) is 12.6. The Hall–Kier alpha value is -2.26. The fourth-order valence-corrected chi connectivity index (χ4v) is 2.73. The molecular formula is C14H17N3O5S. The van der Waals surface area contributed by atoms with Crippen LogP contribution in [0.25, 0.3) is 0 Å². The van der Waals surface area contributed by atoms with E-state index in [0.717, 1.165) is 16.2 Å². The highest BCUT2D eigenvalue weighted by molar-refractivity contribution is 7.89. The van der Waals surface area contributed by atoms with Crippen molar-refractivity contribution in [2.45, 2.75) is 31.1 Å². The standard InChI is InChI=1S/C14H17N3O5S/c1-2-3-8-16-12(18)9-13(19)17(14(16)20)10-4-6-11(7-5-10)23(15,21)22/h4-7H,2-3,8-9H2,1H3,(H2,15,21,22). The molecule has 1 saturated heterocycles. The van der Waals surface area contributed by atoms with Gasteiger partial charge >= 0.3 is 6.03 Å². The molecule has 23 heavy (non-hydrogen) atoms. The minimum Gasteiger partial charge on any atom is -0.274 e. The number of benzene rings is 1. The summed E-state index contributed by atoms with van der Waals surface area (Å²) in [6, 6.07) is 4.31. The summed E-state index contributed by atoms with van der Waals surface area (Å²) in [6.45, 7) is 2.17. The maximum absolute atomic E-state index is 12.4. The van der Waals surface area contributed by atoms with Crippen LogP contribution in [0.5, 0.6) is 0 Å². The van der Waals surface area contributed by atoms with Gasteiger partial charge in [-0.25, -0.2) is 23.3 Å². The second-order valence-electron chi connectivity index (χ2n) is 5.13. The Bertz CT molecular complexity index is 742. The van der Waals surface area contributed by atoms with Crippen LogP contribution in [-0.2, 0) is 19.6 Å². The Morgan fingerprint density at radius 2 is 1.70 bits per heavy atom. The number of unbranched alkanes of at least 4 members (excludes halogenated alkanes) is 1. The molecular weight excluding hydrogens is 322 g/mol. The first-order valence-electron chi connectivity index (χ1n) is 7.06. The Morgan fingerprint density at radius 3 is 2.22 bits per heavy atom. The molecule has 0 bridgehead atoms. The average molecular weight is 339 g/mol. The molecule has 0 atom stereocenters. The van der Waals surface area contributed by atoms with Crippen molar-refractivity contribution < 1.29 is 22.8 Å². The molecule has 0 radical (unpaired) electrons. The quantitative estimate of drug-likeness (QED) is 0.797. The van der Waals surface area contributed by atoms with Gasteiger partial charge in [-0.2, -0.15) is 0 Å². The Morgan fingerprint density at radius 1 is 1.09 bits per heavy atom. The predicted octanol–water partition coefficient (Wildman–Crippen LogP) is 0.819. The number of hydrogen-bond donors (Lipinski definition) is 1. The van der Waals surface area contributed by atoms with E-state index in [1.165, 1.54) is 24.3 Å². The van der Waals surface area contributed by atoms with Crippen molar-refractivity contribution in [1.82, 2.24) is 4.90 Å². The van der Waals surface area contributed by atoms with E-state index < -0.39 is 34.3 Å². The lowest BCUT2D eigenvalue weighted by molar-refractivity contribution is -0.134. The van der Waals surface area contributed by atoms with E-state index >= 15 is 0 Å². The van der Waals surface area contributed by atoms with Gasteiger partial charge in [0.15, 0.2) is 0 Å². The third-order valence-corrected chi connectivity index (χ3v) is 4.36. The zero-order valence-corrected chi connectivity index (χ0v) is 13.4. The van der Waals surface area contributed by atoms with Crippen LogP contribution in [0.15, 0.2) is 29.2 Å². The van der Waals surface area contributed by atoms with Crippen molar-refractivity contribution in [2.24, 2.45) is 5.14 Å². The van der Waals surface area contributed by atoms with Gasteiger partial charge < -0.3 is 0 Å². The molecule has 2 rings (SSSR count). The normalized spacial score (nSPS) is 16.2. The van der Waals surface area contributed by atoms with Crippen molar-refractivity contribution in [3.05, 3.63) is 24.3 Å². The first-order valence-corrected chi connectivity index (χ1v) is 8.60. The summed E-state index contributed by atoms with van der Waals surface area (Å²) in [6.07, 6.45) is 1.05.